The van der Waals surface area contributed by atoms with E-state index in [4.69, 9.17) is 0 Å². The lowest BCUT2D eigenvalue weighted by Crippen LogP contribution is -1.99. The Morgan fingerprint density at radius 3 is 1.32 bits per heavy atom. The van der Waals surface area contributed by atoms with Crippen molar-refractivity contribution in [2.45, 2.75) is 104 Å². The lowest BCUT2D eigenvalue weighted by molar-refractivity contribution is -0.119. The Labute approximate surface area is 141 Å². The molecule has 134 valence electrons. The van der Waals surface area contributed by atoms with Crippen LogP contribution in [-0.2, 0) is 4.79 Å². The summed E-state index contributed by atoms with van der Waals surface area (Å²) in [6, 6.07) is 0. The van der Waals surface area contributed by atoms with Crippen LogP contribution >= 0.6 is 0 Å². The van der Waals surface area contributed by atoms with Crippen molar-refractivity contribution in [3.8, 4) is 0 Å². The summed E-state index contributed by atoms with van der Waals surface area (Å²) in [5.74, 6) is 0.466. The molecular formula is C20H43NO. The monoisotopic (exact) mass is 313 g/mol. The molecule has 0 saturated carbocycles. The number of hydrogen-bond donors (Lipinski definition) is 0. The van der Waals surface area contributed by atoms with Crippen molar-refractivity contribution in [2.24, 2.45) is 0 Å². The van der Waals surface area contributed by atoms with Crippen molar-refractivity contribution in [3.63, 3.8) is 0 Å². The Morgan fingerprint density at radius 1 is 0.591 bits per heavy atom. The number of carbonyl (C=O) groups excluding carboxylic acids is 1. The lowest BCUT2D eigenvalue weighted by Gasteiger charge is -2.02. The van der Waals surface area contributed by atoms with Crippen molar-refractivity contribution >= 4 is 5.78 Å². The number of unbranched alkanes of at least 4 members (excludes halogenated alkanes) is 10. The van der Waals surface area contributed by atoms with E-state index in [9.17, 15) is 4.79 Å². The molecule has 0 aromatic heterocycles. The average molecular weight is 314 g/mol. The zero-order valence-corrected chi connectivity index (χ0v) is 16.3. The molecule has 0 amide bonds. The molecular weight excluding hydrogens is 270 g/mol. The van der Waals surface area contributed by atoms with Gasteiger partial charge in [-0.25, -0.2) is 0 Å². The number of rotatable bonds is 14. The summed E-state index contributed by atoms with van der Waals surface area (Å²) in [7, 11) is 6.00. The minimum Gasteiger partial charge on any atom is -0.312 e. The highest BCUT2D eigenvalue weighted by Gasteiger charge is 1.99. The second kappa shape index (κ2) is 20.6. The van der Waals surface area contributed by atoms with Gasteiger partial charge in [0.1, 0.15) is 5.78 Å². The van der Waals surface area contributed by atoms with Gasteiger partial charge in [-0.3, -0.25) is 4.79 Å². The predicted octanol–water partition coefficient (Wildman–Crippen LogP) is 6.23. The largest absolute Gasteiger partial charge is 0.312 e. The van der Waals surface area contributed by atoms with Gasteiger partial charge in [-0.2, -0.15) is 0 Å². The first-order valence-electron chi connectivity index (χ1n) is 9.67. The van der Waals surface area contributed by atoms with Crippen LogP contribution in [0.2, 0.25) is 0 Å². The normalized spacial score (nSPS) is 10.5. The third kappa shape index (κ3) is 27.9. The Balaban J connectivity index is 0. The van der Waals surface area contributed by atoms with Crippen molar-refractivity contribution in [3.05, 3.63) is 0 Å². The molecule has 0 saturated heterocycles. The summed E-state index contributed by atoms with van der Waals surface area (Å²) in [5.41, 5.74) is 0. The molecule has 2 nitrogen and oxygen atoms in total. The van der Waals surface area contributed by atoms with Crippen LogP contribution in [0, 0.1) is 0 Å². The third-order valence-electron chi connectivity index (χ3n) is 3.59. The van der Waals surface area contributed by atoms with Gasteiger partial charge in [0.15, 0.2) is 0 Å². The summed E-state index contributed by atoms with van der Waals surface area (Å²) < 4.78 is 0. The SMILES string of the molecule is CCCCCCCCCCCCCC(=O)CCC.CN(C)C. The van der Waals surface area contributed by atoms with Gasteiger partial charge < -0.3 is 4.90 Å². The van der Waals surface area contributed by atoms with Crippen LogP contribution in [0.25, 0.3) is 0 Å². The molecule has 0 aromatic carbocycles. The molecule has 0 N–H and O–H groups in total. The molecule has 0 atom stereocenters. The van der Waals surface area contributed by atoms with Gasteiger partial charge in [0, 0.05) is 12.8 Å². The molecule has 22 heavy (non-hydrogen) atoms. The summed E-state index contributed by atoms with van der Waals surface area (Å²) in [5, 5.41) is 0. The van der Waals surface area contributed by atoms with E-state index in [1.54, 1.807) is 0 Å². The molecule has 0 rings (SSSR count). The maximum absolute atomic E-state index is 11.3. The van der Waals surface area contributed by atoms with Gasteiger partial charge in [0.05, 0.1) is 0 Å². The maximum atomic E-state index is 11.3. The van der Waals surface area contributed by atoms with Crippen molar-refractivity contribution in [1.82, 2.24) is 4.90 Å². The second-order valence-electron chi connectivity index (χ2n) is 6.92. The number of ketones is 1. The van der Waals surface area contributed by atoms with E-state index in [0.29, 0.717) is 5.78 Å². The first-order chi connectivity index (χ1) is 10.5. The molecule has 0 spiro atoms. The summed E-state index contributed by atoms with van der Waals surface area (Å²) in [4.78, 5) is 13.3. The van der Waals surface area contributed by atoms with E-state index in [0.717, 1.165) is 25.7 Å². The summed E-state index contributed by atoms with van der Waals surface area (Å²) in [6.07, 6.45) is 17.5. The van der Waals surface area contributed by atoms with Crippen molar-refractivity contribution in [1.29, 1.82) is 0 Å². The van der Waals surface area contributed by atoms with E-state index in [-0.39, 0.29) is 0 Å². The quantitative estimate of drug-likeness (QED) is 0.354. The summed E-state index contributed by atoms with van der Waals surface area (Å²) >= 11 is 0. The smallest absolute Gasteiger partial charge is 0.132 e. The highest BCUT2D eigenvalue weighted by atomic mass is 16.1. The van der Waals surface area contributed by atoms with Crippen LogP contribution in [0.1, 0.15) is 104 Å². The first kappa shape index (κ1) is 23.9. The highest BCUT2D eigenvalue weighted by Crippen LogP contribution is 2.12. The number of hydrogen-bond acceptors (Lipinski definition) is 2. The highest BCUT2D eigenvalue weighted by molar-refractivity contribution is 5.78. The zero-order chi connectivity index (χ0) is 17.1. The number of carbonyl (C=O) groups is 1. The standard InChI is InChI=1S/C17H34O.C3H9N/c1-3-5-6-7-8-9-10-11-12-13-14-16-17(18)15-4-2;1-4(2)3/h3-16H2,1-2H3;1-3H3. The van der Waals surface area contributed by atoms with Crippen LogP contribution in [0.4, 0.5) is 0 Å². The fraction of sp³-hybridized carbons (Fsp3) is 0.950. The van der Waals surface area contributed by atoms with Crippen LogP contribution < -0.4 is 0 Å². The number of Topliss-reactive ketones (excluding diaryl/α,β-unsaturated/α-hetero) is 1. The van der Waals surface area contributed by atoms with Crippen LogP contribution in [-0.4, -0.2) is 31.8 Å². The van der Waals surface area contributed by atoms with Crippen LogP contribution in [0.5, 0.6) is 0 Å². The molecule has 0 heterocycles. The maximum Gasteiger partial charge on any atom is 0.132 e. The Morgan fingerprint density at radius 2 is 0.955 bits per heavy atom. The van der Waals surface area contributed by atoms with Gasteiger partial charge in [0.2, 0.25) is 0 Å². The molecule has 0 bridgehead atoms. The van der Waals surface area contributed by atoms with Crippen LogP contribution in [0.15, 0.2) is 0 Å². The molecule has 0 aliphatic rings. The Kier molecular flexibility index (Phi) is 22.4. The van der Waals surface area contributed by atoms with Crippen molar-refractivity contribution in [2.75, 3.05) is 21.1 Å². The van der Waals surface area contributed by atoms with Gasteiger partial charge in [-0.05, 0) is 34.0 Å². The molecule has 0 radical (unpaired) electrons. The zero-order valence-electron chi connectivity index (χ0n) is 16.3. The van der Waals surface area contributed by atoms with Gasteiger partial charge in [-0.15, -0.1) is 0 Å². The van der Waals surface area contributed by atoms with Gasteiger partial charge >= 0.3 is 0 Å². The molecule has 0 fully saturated rings. The van der Waals surface area contributed by atoms with Crippen LogP contribution in [0.3, 0.4) is 0 Å². The molecule has 0 aromatic rings. The van der Waals surface area contributed by atoms with E-state index < -0.39 is 0 Å². The fourth-order valence-electron chi connectivity index (χ4n) is 2.39. The second-order valence-corrected chi connectivity index (χ2v) is 6.92. The predicted molar refractivity (Wildman–Crippen MR) is 101 cm³/mol. The fourth-order valence-corrected chi connectivity index (χ4v) is 2.39. The van der Waals surface area contributed by atoms with E-state index >= 15 is 0 Å². The number of nitrogens with zero attached hydrogens (tertiary/aromatic N) is 1. The molecule has 0 unspecified atom stereocenters. The average Bonchev–Trinajstić information content (AvgIpc) is 2.44. The van der Waals surface area contributed by atoms with Gasteiger partial charge in [-0.1, -0.05) is 78.1 Å². The van der Waals surface area contributed by atoms with E-state index in [1.807, 2.05) is 26.0 Å². The lowest BCUT2D eigenvalue weighted by atomic mass is 10.0. The molecule has 2 heteroatoms. The first-order valence-corrected chi connectivity index (χ1v) is 9.67. The molecule has 0 aliphatic heterocycles. The minimum absolute atomic E-state index is 0.466. The van der Waals surface area contributed by atoms with E-state index in [2.05, 4.69) is 13.8 Å². The Bertz CT molecular complexity index is 211. The van der Waals surface area contributed by atoms with E-state index in [1.165, 1.54) is 64.2 Å². The van der Waals surface area contributed by atoms with Gasteiger partial charge in [0.25, 0.3) is 0 Å². The molecule has 0 aliphatic carbocycles. The Hall–Kier alpha value is -0.370. The third-order valence-corrected chi connectivity index (χ3v) is 3.59. The van der Waals surface area contributed by atoms with Crippen molar-refractivity contribution < 1.29 is 4.79 Å². The minimum atomic E-state index is 0.466. The summed E-state index contributed by atoms with van der Waals surface area (Å²) in [6.45, 7) is 4.35. The topological polar surface area (TPSA) is 20.3 Å².